The highest BCUT2D eigenvalue weighted by Crippen LogP contribution is 2.57. The number of rotatable bonds is 9. The lowest BCUT2D eigenvalue weighted by molar-refractivity contribution is -0.168. The Morgan fingerprint density at radius 3 is 1.18 bits per heavy atom. The summed E-state index contributed by atoms with van der Waals surface area (Å²) in [6, 6.07) is 55.0. The number of methoxy groups -OCH3 is 4. The van der Waals surface area contributed by atoms with Crippen LogP contribution in [-0.2, 0) is 41.4 Å². The highest BCUT2D eigenvalue weighted by molar-refractivity contribution is 6.24. The third-order valence-electron chi connectivity index (χ3n) is 12.6. The highest BCUT2D eigenvalue weighted by Gasteiger charge is 2.54. The molecule has 0 atom stereocenters. The summed E-state index contributed by atoms with van der Waals surface area (Å²) in [5.41, 5.74) is 10.5. The van der Waals surface area contributed by atoms with E-state index in [9.17, 15) is 19.2 Å². The van der Waals surface area contributed by atoms with E-state index >= 15 is 0 Å². The summed E-state index contributed by atoms with van der Waals surface area (Å²) in [7, 11) is 5.24. The Kier molecular flexibility index (Phi) is 12.1. The maximum absolute atomic E-state index is 14.4. The van der Waals surface area contributed by atoms with Crippen molar-refractivity contribution in [2.75, 3.05) is 28.4 Å². The second-order valence-electron chi connectivity index (χ2n) is 16.2. The van der Waals surface area contributed by atoms with Gasteiger partial charge >= 0.3 is 23.9 Å². The molecule has 9 rings (SSSR count). The van der Waals surface area contributed by atoms with Crippen LogP contribution in [0, 0.1) is 17.3 Å². The normalized spacial score (nSPS) is 12.3. The SMILES string of the molecule is COC(=O)c1ccc(C#Cc2c3c(c4c(-c5ccccc5)c(-c5ccccc5)c(-c5ccccc5)c(-c5ccccc5)c4c2-c2ccc(C(=O)OC)cc2)CC(C(=O)OC)(C(=O)OC)C3)cc1. The minimum atomic E-state index is -1.77. The monoisotopic (exact) mass is 880 g/mol. The van der Waals surface area contributed by atoms with Gasteiger partial charge in [0.05, 0.1) is 39.6 Å². The Morgan fingerprint density at radius 2 is 0.761 bits per heavy atom. The number of carbonyl (C=O) groups is 4. The van der Waals surface area contributed by atoms with Gasteiger partial charge < -0.3 is 18.9 Å². The van der Waals surface area contributed by atoms with E-state index < -0.39 is 29.3 Å². The average molecular weight is 881 g/mol. The molecule has 0 heterocycles. The van der Waals surface area contributed by atoms with Gasteiger partial charge in [-0.1, -0.05) is 145 Å². The first-order valence-electron chi connectivity index (χ1n) is 21.7. The zero-order valence-electron chi connectivity index (χ0n) is 37.3. The number of benzene rings is 8. The first-order valence-corrected chi connectivity index (χ1v) is 21.7. The number of hydrogen-bond acceptors (Lipinski definition) is 8. The molecule has 8 nitrogen and oxygen atoms in total. The van der Waals surface area contributed by atoms with Crippen LogP contribution in [0.3, 0.4) is 0 Å². The summed E-state index contributed by atoms with van der Waals surface area (Å²) >= 11 is 0. The van der Waals surface area contributed by atoms with Gasteiger partial charge in [-0.05, 0) is 103 Å². The van der Waals surface area contributed by atoms with Crippen molar-refractivity contribution < 1.29 is 38.1 Å². The Morgan fingerprint density at radius 1 is 0.388 bits per heavy atom. The van der Waals surface area contributed by atoms with Crippen LogP contribution in [0.25, 0.3) is 66.4 Å². The molecule has 0 saturated carbocycles. The van der Waals surface area contributed by atoms with Crippen molar-refractivity contribution in [3.05, 3.63) is 203 Å². The molecule has 0 N–H and O–H groups in total. The number of carbonyl (C=O) groups excluding carboxylic acids is 4. The molecular weight excluding hydrogens is 837 g/mol. The summed E-state index contributed by atoms with van der Waals surface area (Å²) in [6.45, 7) is 0. The van der Waals surface area contributed by atoms with E-state index in [1.54, 1.807) is 36.4 Å². The summed E-state index contributed by atoms with van der Waals surface area (Å²) in [6.07, 6.45) is -0.124. The Labute approximate surface area is 388 Å². The lowest BCUT2D eigenvalue weighted by Crippen LogP contribution is -2.42. The van der Waals surface area contributed by atoms with Crippen molar-refractivity contribution in [2.45, 2.75) is 12.8 Å². The molecule has 8 aromatic carbocycles. The predicted octanol–water partition coefficient (Wildman–Crippen LogP) is 11.6. The quantitative estimate of drug-likeness (QED) is 0.0611. The van der Waals surface area contributed by atoms with Crippen molar-refractivity contribution in [3.8, 4) is 67.5 Å². The molecule has 1 aliphatic carbocycles. The van der Waals surface area contributed by atoms with Crippen molar-refractivity contribution >= 4 is 34.6 Å². The Hall–Kier alpha value is -8.54. The van der Waals surface area contributed by atoms with Gasteiger partial charge in [0.15, 0.2) is 5.41 Å². The standard InChI is InChI=1S/C59H44O8/c1-64-55(60)43-28-25-37(26-29-43)27-34-45-46-35-59(57(62)66-3,58(63)67-4)36-47(46)53-51(40-21-13-7-14-22-40)49(38-17-9-5-10-18-38)50(39-19-11-6-12-20-39)52(41-23-15-8-16-24-41)54(53)48(45)42-30-32-44(33-31-42)56(61)65-2/h5-26,28-33H,35-36H2,1-4H3. The molecule has 0 aromatic heterocycles. The minimum Gasteiger partial charge on any atom is -0.468 e. The van der Waals surface area contributed by atoms with Gasteiger partial charge in [0.2, 0.25) is 0 Å². The second kappa shape index (κ2) is 18.5. The largest absolute Gasteiger partial charge is 0.468 e. The van der Waals surface area contributed by atoms with Crippen LogP contribution in [-0.4, -0.2) is 52.3 Å². The molecule has 0 unspecified atom stereocenters. The first kappa shape index (κ1) is 43.7. The fraction of sp³-hybridized carbons (Fsp3) is 0.119. The smallest absolute Gasteiger partial charge is 0.337 e. The molecule has 0 amide bonds. The van der Waals surface area contributed by atoms with E-state index in [1.807, 2.05) is 84.9 Å². The fourth-order valence-electron chi connectivity index (χ4n) is 9.53. The van der Waals surface area contributed by atoms with Crippen LogP contribution in [0.15, 0.2) is 170 Å². The van der Waals surface area contributed by atoms with Crippen LogP contribution in [0.1, 0.15) is 43.0 Å². The molecule has 67 heavy (non-hydrogen) atoms. The van der Waals surface area contributed by atoms with Gasteiger partial charge in [0.1, 0.15) is 0 Å². The van der Waals surface area contributed by atoms with Gasteiger partial charge in [0.25, 0.3) is 0 Å². The zero-order valence-corrected chi connectivity index (χ0v) is 37.3. The average Bonchev–Trinajstić information content (AvgIpc) is 3.81. The van der Waals surface area contributed by atoms with E-state index in [4.69, 9.17) is 18.9 Å². The van der Waals surface area contributed by atoms with Crippen LogP contribution in [0.2, 0.25) is 0 Å². The fourth-order valence-corrected chi connectivity index (χ4v) is 9.53. The third kappa shape index (κ3) is 7.81. The number of fused-ring (bicyclic) bond motifs is 3. The topological polar surface area (TPSA) is 105 Å². The molecule has 0 bridgehead atoms. The number of hydrogen-bond donors (Lipinski definition) is 0. The van der Waals surface area contributed by atoms with E-state index in [0.29, 0.717) is 27.8 Å². The highest BCUT2D eigenvalue weighted by atomic mass is 16.5. The Balaban J connectivity index is 1.59. The molecule has 0 radical (unpaired) electrons. The maximum atomic E-state index is 14.4. The van der Waals surface area contributed by atoms with E-state index in [2.05, 4.69) is 60.4 Å². The second-order valence-corrected chi connectivity index (χ2v) is 16.2. The van der Waals surface area contributed by atoms with Crippen LogP contribution < -0.4 is 0 Å². The van der Waals surface area contributed by atoms with Crippen molar-refractivity contribution in [1.29, 1.82) is 0 Å². The number of ether oxygens (including phenoxy) is 4. The van der Waals surface area contributed by atoms with Gasteiger partial charge in [-0.3, -0.25) is 9.59 Å². The van der Waals surface area contributed by atoms with Crippen LogP contribution >= 0.6 is 0 Å². The van der Waals surface area contributed by atoms with Crippen molar-refractivity contribution in [1.82, 2.24) is 0 Å². The van der Waals surface area contributed by atoms with Crippen LogP contribution in [0.5, 0.6) is 0 Å². The summed E-state index contributed by atoms with van der Waals surface area (Å²) in [5.74, 6) is 4.54. The van der Waals surface area contributed by atoms with Crippen molar-refractivity contribution in [2.24, 2.45) is 5.41 Å². The molecule has 1 aliphatic rings. The molecule has 0 aliphatic heterocycles. The molecule has 8 heteroatoms. The molecule has 0 saturated heterocycles. The van der Waals surface area contributed by atoms with Crippen LogP contribution in [0.4, 0.5) is 0 Å². The molecule has 0 fully saturated rings. The van der Waals surface area contributed by atoms with Crippen molar-refractivity contribution in [3.63, 3.8) is 0 Å². The molecule has 0 spiro atoms. The first-order chi connectivity index (χ1) is 32.7. The Bertz CT molecular complexity index is 3240. The van der Waals surface area contributed by atoms with Gasteiger partial charge in [-0.25, -0.2) is 9.59 Å². The maximum Gasteiger partial charge on any atom is 0.337 e. The predicted molar refractivity (Wildman–Crippen MR) is 260 cm³/mol. The lowest BCUT2D eigenvalue weighted by atomic mass is 9.74. The van der Waals surface area contributed by atoms with E-state index in [0.717, 1.165) is 72.0 Å². The minimum absolute atomic E-state index is 0.0464. The lowest BCUT2D eigenvalue weighted by Gasteiger charge is -2.28. The summed E-state index contributed by atoms with van der Waals surface area (Å²) in [4.78, 5) is 54.1. The number of esters is 4. The molecular formula is C59H44O8. The zero-order chi connectivity index (χ0) is 46.7. The summed E-state index contributed by atoms with van der Waals surface area (Å²) in [5, 5.41) is 1.65. The molecule has 8 aromatic rings. The van der Waals surface area contributed by atoms with Gasteiger partial charge in [-0.15, -0.1) is 0 Å². The molecule has 328 valence electrons. The van der Waals surface area contributed by atoms with Gasteiger partial charge in [0, 0.05) is 34.9 Å². The van der Waals surface area contributed by atoms with Gasteiger partial charge in [-0.2, -0.15) is 0 Å². The summed E-state index contributed by atoms with van der Waals surface area (Å²) < 4.78 is 21.1. The third-order valence-corrected chi connectivity index (χ3v) is 12.6. The van der Waals surface area contributed by atoms with E-state index in [-0.39, 0.29) is 12.8 Å². The van der Waals surface area contributed by atoms with E-state index in [1.165, 1.54) is 28.4 Å².